The average molecular weight is 284 g/mol. The van der Waals surface area contributed by atoms with E-state index in [1.807, 2.05) is 34.6 Å². The summed E-state index contributed by atoms with van der Waals surface area (Å²) in [6.45, 7) is 9.61. The van der Waals surface area contributed by atoms with Gasteiger partial charge in [-0.2, -0.15) is 0 Å². The fraction of sp³-hybridized carbons (Fsp3) is 0.867. The second-order valence-corrected chi connectivity index (χ2v) is 7.42. The number of carbonyl (C=O) groups excluding carboxylic acids is 1. The quantitative estimate of drug-likeness (QED) is 0.733. The summed E-state index contributed by atoms with van der Waals surface area (Å²) >= 11 is 0. The van der Waals surface area contributed by atoms with Gasteiger partial charge in [-0.05, 0) is 38.0 Å². The Balaban J connectivity index is 2.71. The molecule has 3 unspecified atom stereocenters. The first-order valence-electron chi connectivity index (χ1n) is 7.26. The third-order valence-corrected chi connectivity index (χ3v) is 4.70. The molecule has 0 aliphatic heterocycles. The molecule has 5 heteroatoms. The number of nitrogens with two attached hydrogens (primary N) is 1. The Labute approximate surface area is 121 Å². The summed E-state index contributed by atoms with van der Waals surface area (Å²) in [5.41, 5.74) is 4.99. The summed E-state index contributed by atoms with van der Waals surface area (Å²) in [6.07, 6.45) is 1.58. The first-order chi connectivity index (χ1) is 8.95. The molecule has 0 radical (unpaired) electrons. The largest absolute Gasteiger partial charge is 0.481 e. The SMILES string of the molecule is CC1C(NC(=O)CC(C)(C)N)CCC(C(=O)O)C1(C)C. The molecule has 116 valence electrons. The maximum absolute atomic E-state index is 12.0. The van der Waals surface area contributed by atoms with E-state index in [1.165, 1.54) is 0 Å². The number of carboxylic acid groups (broad SMARTS) is 1. The summed E-state index contributed by atoms with van der Waals surface area (Å²) in [6, 6.07) is 0.0236. The molecular formula is C15H28N2O3. The van der Waals surface area contributed by atoms with Crippen LogP contribution in [0.3, 0.4) is 0 Å². The molecule has 0 spiro atoms. The number of carboxylic acids is 1. The van der Waals surface area contributed by atoms with Crippen LogP contribution >= 0.6 is 0 Å². The van der Waals surface area contributed by atoms with E-state index in [-0.39, 0.29) is 35.6 Å². The number of rotatable bonds is 4. The summed E-state index contributed by atoms with van der Waals surface area (Å²) in [5, 5.41) is 12.3. The van der Waals surface area contributed by atoms with Crippen molar-refractivity contribution in [2.75, 3.05) is 0 Å². The molecule has 5 nitrogen and oxygen atoms in total. The van der Waals surface area contributed by atoms with Crippen LogP contribution in [0, 0.1) is 17.3 Å². The van der Waals surface area contributed by atoms with Crippen molar-refractivity contribution in [2.24, 2.45) is 23.0 Å². The third kappa shape index (κ3) is 3.95. The minimum absolute atomic E-state index is 0.0236. The van der Waals surface area contributed by atoms with Crippen LogP contribution in [0.15, 0.2) is 0 Å². The first kappa shape index (κ1) is 17.0. The van der Waals surface area contributed by atoms with E-state index in [2.05, 4.69) is 5.32 Å². The van der Waals surface area contributed by atoms with Crippen molar-refractivity contribution in [3.63, 3.8) is 0 Å². The highest BCUT2D eigenvalue weighted by Gasteiger charge is 2.46. The van der Waals surface area contributed by atoms with Gasteiger partial charge in [0.05, 0.1) is 5.92 Å². The molecule has 0 heterocycles. The second-order valence-electron chi connectivity index (χ2n) is 7.42. The van der Waals surface area contributed by atoms with Crippen molar-refractivity contribution in [3.8, 4) is 0 Å². The number of nitrogens with one attached hydrogen (secondary N) is 1. The lowest BCUT2D eigenvalue weighted by Crippen LogP contribution is -2.53. The molecule has 4 N–H and O–H groups in total. The normalized spacial score (nSPS) is 29.8. The van der Waals surface area contributed by atoms with Crippen molar-refractivity contribution in [2.45, 2.75) is 65.5 Å². The van der Waals surface area contributed by atoms with Crippen molar-refractivity contribution in [1.29, 1.82) is 0 Å². The molecule has 1 saturated carbocycles. The summed E-state index contributed by atoms with van der Waals surface area (Å²) in [4.78, 5) is 23.3. The van der Waals surface area contributed by atoms with Gasteiger partial charge in [-0.25, -0.2) is 0 Å². The highest BCUT2D eigenvalue weighted by atomic mass is 16.4. The Kier molecular flexibility index (Phi) is 4.85. The molecule has 0 saturated heterocycles. The molecule has 0 aromatic carbocycles. The molecule has 1 rings (SSSR count). The van der Waals surface area contributed by atoms with E-state index in [9.17, 15) is 14.7 Å². The topological polar surface area (TPSA) is 92.4 Å². The van der Waals surface area contributed by atoms with Gasteiger partial charge in [0.2, 0.25) is 5.91 Å². The summed E-state index contributed by atoms with van der Waals surface area (Å²) < 4.78 is 0. The maximum Gasteiger partial charge on any atom is 0.307 e. The van der Waals surface area contributed by atoms with E-state index < -0.39 is 11.5 Å². The minimum Gasteiger partial charge on any atom is -0.481 e. The molecule has 3 atom stereocenters. The van der Waals surface area contributed by atoms with Crippen LogP contribution < -0.4 is 11.1 Å². The molecule has 1 fully saturated rings. The Morgan fingerprint density at radius 2 is 1.90 bits per heavy atom. The third-order valence-electron chi connectivity index (χ3n) is 4.70. The van der Waals surface area contributed by atoms with Crippen LogP contribution in [0.25, 0.3) is 0 Å². The molecule has 1 aliphatic rings. The van der Waals surface area contributed by atoms with Crippen LogP contribution in [-0.4, -0.2) is 28.6 Å². The van der Waals surface area contributed by atoms with Crippen LogP contribution in [0.4, 0.5) is 0 Å². The smallest absolute Gasteiger partial charge is 0.307 e. The molecule has 0 aromatic heterocycles. The van der Waals surface area contributed by atoms with Crippen molar-refractivity contribution in [3.05, 3.63) is 0 Å². The minimum atomic E-state index is -0.741. The van der Waals surface area contributed by atoms with Gasteiger partial charge in [-0.15, -0.1) is 0 Å². The van der Waals surface area contributed by atoms with Crippen molar-refractivity contribution < 1.29 is 14.7 Å². The van der Waals surface area contributed by atoms with Gasteiger partial charge in [0, 0.05) is 18.0 Å². The highest BCUT2D eigenvalue weighted by Crippen LogP contribution is 2.45. The number of aliphatic carboxylic acids is 1. The van der Waals surface area contributed by atoms with E-state index in [0.29, 0.717) is 12.8 Å². The Bertz CT molecular complexity index is 385. The lowest BCUT2D eigenvalue weighted by molar-refractivity contribution is -0.150. The van der Waals surface area contributed by atoms with Gasteiger partial charge in [-0.3, -0.25) is 9.59 Å². The number of hydrogen-bond donors (Lipinski definition) is 3. The lowest BCUT2D eigenvalue weighted by atomic mass is 9.61. The summed E-state index contributed by atoms with van der Waals surface area (Å²) in [5.74, 6) is -1.03. The van der Waals surface area contributed by atoms with Crippen LogP contribution in [-0.2, 0) is 9.59 Å². The van der Waals surface area contributed by atoms with Crippen LogP contribution in [0.2, 0.25) is 0 Å². The lowest BCUT2D eigenvalue weighted by Gasteiger charge is -2.46. The average Bonchev–Trinajstić information content (AvgIpc) is 2.21. The fourth-order valence-electron chi connectivity index (χ4n) is 3.11. The molecule has 1 aliphatic carbocycles. The van der Waals surface area contributed by atoms with Gasteiger partial charge >= 0.3 is 5.97 Å². The van der Waals surface area contributed by atoms with Crippen molar-refractivity contribution in [1.82, 2.24) is 5.32 Å². The zero-order valence-electron chi connectivity index (χ0n) is 13.2. The fourth-order valence-corrected chi connectivity index (χ4v) is 3.11. The van der Waals surface area contributed by atoms with E-state index in [0.717, 1.165) is 0 Å². The zero-order chi connectivity index (χ0) is 15.7. The van der Waals surface area contributed by atoms with Gasteiger partial charge in [0.1, 0.15) is 0 Å². The number of carbonyl (C=O) groups is 2. The maximum atomic E-state index is 12.0. The predicted molar refractivity (Wildman–Crippen MR) is 78.1 cm³/mol. The van der Waals surface area contributed by atoms with Gasteiger partial charge in [0.15, 0.2) is 0 Å². The molecule has 1 amide bonds. The highest BCUT2D eigenvalue weighted by molar-refractivity contribution is 5.77. The van der Waals surface area contributed by atoms with Crippen molar-refractivity contribution >= 4 is 11.9 Å². The molecule has 0 bridgehead atoms. The Morgan fingerprint density at radius 3 is 2.35 bits per heavy atom. The summed E-state index contributed by atoms with van der Waals surface area (Å²) in [7, 11) is 0. The van der Waals surface area contributed by atoms with Gasteiger partial charge in [0.25, 0.3) is 0 Å². The predicted octanol–water partition coefficient (Wildman–Crippen LogP) is 1.76. The number of hydrogen-bond acceptors (Lipinski definition) is 3. The van der Waals surface area contributed by atoms with Crippen LogP contribution in [0.1, 0.15) is 53.9 Å². The Morgan fingerprint density at radius 1 is 1.35 bits per heavy atom. The molecule has 0 aromatic rings. The van der Waals surface area contributed by atoms with E-state index >= 15 is 0 Å². The zero-order valence-corrected chi connectivity index (χ0v) is 13.2. The van der Waals surface area contributed by atoms with Crippen LogP contribution in [0.5, 0.6) is 0 Å². The number of amides is 1. The van der Waals surface area contributed by atoms with E-state index in [1.54, 1.807) is 0 Å². The monoisotopic (exact) mass is 284 g/mol. The van der Waals surface area contributed by atoms with E-state index in [4.69, 9.17) is 5.73 Å². The van der Waals surface area contributed by atoms with Gasteiger partial charge < -0.3 is 16.2 Å². The Hall–Kier alpha value is -1.10. The second kappa shape index (κ2) is 5.72. The standard InChI is InChI=1S/C15H28N2O3/c1-9-11(17-12(18)8-14(2,3)16)7-6-10(13(19)20)15(9,4)5/h9-11H,6-8,16H2,1-5H3,(H,17,18)(H,19,20). The molecular weight excluding hydrogens is 256 g/mol. The first-order valence-corrected chi connectivity index (χ1v) is 7.26. The molecule has 20 heavy (non-hydrogen) atoms. The van der Waals surface area contributed by atoms with Gasteiger partial charge in [-0.1, -0.05) is 20.8 Å².